The predicted octanol–water partition coefficient (Wildman–Crippen LogP) is 1.94. The molecule has 3 aliphatic rings. The molecule has 0 spiro atoms. The molecule has 0 saturated carbocycles. The fourth-order valence-electron chi connectivity index (χ4n) is 4.41. The third-order valence-corrected chi connectivity index (χ3v) is 5.33. The van der Waals surface area contributed by atoms with E-state index in [2.05, 4.69) is 9.80 Å². The van der Waals surface area contributed by atoms with E-state index in [0.29, 0.717) is 12.1 Å². The molecular formula is C15H26N2O2. The molecule has 108 valence electrons. The van der Waals surface area contributed by atoms with E-state index in [-0.39, 0.29) is 6.04 Å². The van der Waals surface area contributed by atoms with Gasteiger partial charge in [0.1, 0.15) is 6.04 Å². The van der Waals surface area contributed by atoms with Gasteiger partial charge in [0.05, 0.1) is 0 Å². The zero-order chi connectivity index (χ0) is 13.2. The topological polar surface area (TPSA) is 43.8 Å². The molecular weight excluding hydrogens is 240 g/mol. The van der Waals surface area contributed by atoms with Crippen molar-refractivity contribution in [1.29, 1.82) is 0 Å². The van der Waals surface area contributed by atoms with Crippen LogP contribution in [-0.2, 0) is 4.79 Å². The highest BCUT2D eigenvalue weighted by molar-refractivity contribution is 5.73. The Morgan fingerprint density at radius 1 is 0.842 bits per heavy atom. The minimum absolute atomic E-state index is 0.231. The molecule has 3 atom stereocenters. The fraction of sp³-hybridized carbons (Fsp3) is 0.933. The van der Waals surface area contributed by atoms with Crippen LogP contribution in [0.25, 0.3) is 0 Å². The first-order chi connectivity index (χ1) is 9.27. The van der Waals surface area contributed by atoms with Crippen LogP contribution in [0.2, 0.25) is 0 Å². The monoisotopic (exact) mass is 266 g/mol. The number of nitrogens with zero attached hydrogens (tertiary/aromatic N) is 2. The number of rotatable bonds is 2. The van der Waals surface area contributed by atoms with Crippen LogP contribution in [0.15, 0.2) is 0 Å². The minimum atomic E-state index is -0.599. The van der Waals surface area contributed by atoms with Gasteiger partial charge in [0.2, 0.25) is 0 Å². The lowest BCUT2D eigenvalue weighted by molar-refractivity contribution is -0.145. The molecule has 0 aliphatic carbocycles. The molecule has 0 aromatic carbocycles. The summed E-state index contributed by atoms with van der Waals surface area (Å²) in [6.07, 6.45) is 9.32. The summed E-state index contributed by atoms with van der Waals surface area (Å²) in [4.78, 5) is 16.6. The van der Waals surface area contributed by atoms with E-state index in [1.54, 1.807) is 0 Å². The second-order valence-corrected chi connectivity index (χ2v) is 6.40. The standard InChI is InChI=1S/C15H26N2O2/c18-15(19)14-6-3-1-2-4-10-17(14)13-8-11-16-9-5-7-12(13)16/h12-14H,1-11H2,(H,18,19). The number of hydrogen-bond acceptors (Lipinski definition) is 3. The van der Waals surface area contributed by atoms with Crippen molar-refractivity contribution in [3.05, 3.63) is 0 Å². The predicted molar refractivity (Wildman–Crippen MR) is 74.2 cm³/mol. The average molecular weight is 266 g/mol. The number of likely N-dealkylation sites (tertiary alicyclic amines) is 1. The summed E-state index contributed by atoms with van der Waals surface area (Å²) in [5.74, 6) is -0.599. The quantitative estimate of drug-likeness (QED) is 0.829. The van der Waals surface area contributed by atoms with Gasteiger partial charge in [0, 0.05) is 18.6 Å². The highest BCUT2D eigenvalue weighted by Gasteiger charge is 2.43. The molecule has 3 heterocycles. The molecule has 3 saturated heterocycles. The summed E-state index contributed by atoms with van der Waals surface area (Å²) in [7, 11) is 0. The maximum atomic E-state index is 11.6. The van der Waals surface area contributed by atoms with Crippen LogP contribution in [-0.4, -0.2) is 58.6 Å². The highest BCUT2D eigenvalue weighted by Crippen LogP contribution is 2.33. The average Bonchev–Trinajstić information content (AvgIpc) is 2.91. The van der Waals surface area contributed by atoms with Gasteiger partial charge in [0.15, 0.2) is 0 Å². The zero-order valence-corrected chi connectivity index (χ0v) is 11.8. The van der Waals surface area contributed by atoms with E-state index in [1.807, 2.05) is 0 Å². The smallest absolute Gasteiger partial charge is 0.320 e. The molecule has 3 unspecified atom stereocenters. The van der Waals surface area contributed by atoms with Crippen LogP contribution < -0.4 is 0 Å². The first kappa shape index (κ1) is 13.4. The Bertz CT molecular complexity index is 334. The van der Waals surface area contributed by atoms with Gasteiger partial charge >= 0.3 is 5.97 Å². The van der Waals surface area contributed by atoms with Crippen molar-refractivity contribution in [3.8, 4) is 0 Å². The van der Waals surface area contributed by atoms with E-state index in [1.165, 1.54) is 51.6 Å². The molecule has 3 aliphatic heterocycles. The Morgan fingerprint density at radius 2 is 1.68 bits per heavy atom. The van der Waals surface area contributed by atoms with Gasteiger partial charge in [-0.05, 0) is 45.2 Å². The largest absolute Gasteiger partial charge is 0.480 e. The normalized spacial score (nSPS) is 37.8. The number of hydrogen-bond donors (Lipinski definition) is 1. The summed E-state index contributed by atoms with van der Waals surface area (Å²) in [6, 6.07) is 0.911. The van der Waals surface area contributed by atoms with Gasteiger partial charge < -0.3 is 5.11 Å². The number of carboxylic acid groups (broad SMARTS) is 1. The number of carbonyl (C=O) groups is 1. The third-order valence-electron chi connectivity index (χ3n) is 5.33. The van der Waals surface area contributed by atoms with Crippen LogP contribution >= 0.6 is 0 Å². The lowest BCUT2D eigenvalue weighted by atomic mass is 9.96. The van der Waals surface area contributed by atoms with Crippen molar-refractivity contribution in [1.82, 2.24) is 9.80 Å². The molecule has 0 aromatic heterocycles. The molecule has 3 rings (SSSR count). The second kappa shape index (κ2) is 5.80. The van der Waals surface area contributed by atoms with E-state index in [9.17, 15) is 9.90 Å². The van der Waals surface area contributed by atoms with Gasteiger partial charge in [-0.15, -0.1) is 0 Å². The highest BCUT2D eigenvalue weighted by atomic mass is 16.4. The van der Waals surface area contributed by atoms with Crippen LogP contribution in [0, 0.1) is 0 Å². The maximum absolute atomic E-state index is 11.6. The van der Waals surface area contributed by atoms with Gasteiger partial charge in [-0.2, -0.15) is 0 Å². The molecule has 3 fully saturated rings. The molecule has 4 heteroatoms. The summed E-state index contributed by atoms with van der Waals surface area (Å²) >= 11 is 0. The van der Waals surface area contributed by atoms with Crippen molar-refractivity contribution in [2.75, 3.05) is 19.6 Å². The fourth-order valence-corrected chi connectivity index (χ4v) is 4.41. The number of aliphatic carboxylic acids is 1. The van der Waals surface area contributed by atoms with Crippen molar-refractivity contribution in [2.45, 2.75) is 69.5 Å². The SMILES string of the molecule is O=C(O)C1CCCCCCN1C1CCN2CCCC12. The Hall–Kier alpha value is -0.610. The van der Waals surface area contributed by atoms with E-state index >= 15 is 0 Å². The number of carboxylic acids is 1. The summed E-state index contributed by atoms with van der Waals surface area (Å²) < 4.78 is 0. The Kier molecular flexibility index (Phi) is 4.08. The molecule has 0 bridgehead atoms. The van der Waals surface area contributed by atoms with Gasteiger partial charge in [-0.3, -0.25) is 14.6 Å². The first-order valence-electron chi connectivity index (χ1n) is 8.00. The lowest BCUT2D eigenvalue weighted by Gasteiger charge is -2.38. The van der Waals surface area contributed by atoms with Crippen molar-refractivity contribution in [3.63, 3.8) is 0 Å². The first-order valence-corrected chi connectivity index (χ1v) is 8.00. The zero-order valence-electron chi connectivity index (χ0n) is 11.8. The molecule has 19 heavy (non-hydrogen) atoms. The van der Waals surface area contributed by atoms with E-state index in [0.717, 1.165) is 19.4 Å². The van der Waals surface area contributed by atoms with E-state index in [4.69, 9.17) is 0 Å². The Labute approximate surface area is 115 Å². The summed E-state index contributed by atoms with van der Waals surface area (Å²) in [6.45, 7) is 3.40. The Balaban J connectivity index is 1.75. The van der Waals surface area contributed by atoms with Crippen molar-refractivity contribution >= 4 is 5.97 Å². The van der Waals surface area contributed by atoms with Crippen LogP contribution in [0.5, 0.6) is 0 Å². The summed E-state index contributed by atoms with van der Waals surface area (Å²) in [5.41, 5.74) is 0. The van der Waals surface area contributed by atoms with Gasteiger partial charge in [0.25, 0.3) is 0 Å². The molecule has 1 N–H and O–H groups in total. The summed E-state index contributed by atoms with van der Waals surface area (Å²) in [5, 5.41) is 9.57. The molecule has 0 amide bonds. The lowest BCUT2D eigenvalue weighted by Crippen LogP contribution is -2.52. The minimum Gasteiger partial charge on any atom is -0.480 e. The van der Waals surface area contributed by atoms with Crippen LogP contribution in [0.4, 0.5) is 0 Å². The molecule has 0 radical (unpaired) electrons. The van der Waals surface area contributed by atoms with E-state index < -0.39 is 5.97 Å². The Morgan fingerprint density at radius 3 is 2.53 bits per heavy atom. The third kappa shape index (κ3) is 2.65. The van der Waals surface area contributed by atoms with Crippen LogP contribution in [0.3, 0.4) is 0 Å². The molecule has 4 nitrogen and oxygen atoms in total. The molecule has 0 aromatic rings. The van der Waals surface area contributed by atoms with Crippen molar-refractivity contribution in [2.24, 2.45) is 0 Å². The second-order valence-electron chi connectivity index (χ2n) is 6.40. The van der Waals surface area contributed by atoms with Gasteiger partial charge in [-0.1, -0.05) is 19.3 Å². The van der Waals surface area contributed by atoms with Gasteiger partial charge in [-0.25, -0.2) is 0 Å². The van der Waals surface area contributed by atoms with Crippen molar-refractivity contribution < 1.29 is 9.90 Å². The number of fused-ring (bicyclic) bond motifs is 1. The maximum Gasteiger partial charge on any atom is 0.320 e. The van der Waals surface area contributed by atoms with Crippen LogP contribution in [0.1, 0.15) is 51.4 Å².